The molecule has 0 aromatic heterocycles. The number of halogens is 4. The van der Waals surface area contributed by atoms with Crippen molar-refractivity contribution in [2.75, 3.05) is 13.2 Å². The van der Waals surface area contributed by atoms with Crippen molar-refractivity contribution in [1.82, 2.24) is 0 Å². The molecule has 4 nitrogen and oxygen atoms in total. The summed E-state index contributed by atoms with van der Waals surface area (Å²) in [4.78, 5) is 0. The van der Waals surface area contributed by atoms with Crippen LogP contribution in [0, 0.1) is 0 Å². The van der Waals surface area contributed by atoms with Gasteiger partial charge in [-0.25, -0.2) is 0 Å². The molecule has 0 fully saturated rings. The molecular formula is C20H33ClF3NO3. The molecule has 0 saturated carbocycles. The molecule has 1 aromatic rings. The molecule has 1 atom stereocenters. The predicted molar refractivity (Wildman–Crippen MR) is 107 cm³/mol. The minimum Gasteiger partial charge on any atom is -0.490 e. The van der Waals surface area contributed by atoms with Crippen LogP contribution >= 0.6 is 12.4 Å². The normalized spacial score (nSPS) is 13.1. The van der Waals surface area contributed by atoms with Crippen LogP contribution in [-0.4, -0.2) is 35.1 Å². The molecule has 0 spiro atoms. The first-order valence-corrected chi connectivity index (χ1v) is 9.52. The fourth-order valence-electron chi connectivity index (χ4n) is 2.79. The van der Waals surface area contributed by atoms with Crippen LogP contribution in [0.2, 0.25) is 0 Å². The van der Waals surface area contributed by atoms with Gasteiger partial charge in [-0.1, -0.05) is 32.3 Å². The van der Waals surface area contributed by atoms with Crippen molar-refractivity contribution in [2.45, 2.75) is 76.6 Å². The fourth-order valence-corrected chi connectivity index (χ4v) is 2.79. The molecule has 4 N–H and O–H groups in total. The largest absolute Gasteiger partial charge is 0.490 e. The molecular weight excluding hydrogens is 395 g/mol. The Bertz CT molecular complexity index is 566. The van der Waals surface area contributed by atoms with Gasteiger partial charge in [0.1, 0.15) is 5.75 Å². The summed E-state index contributed by atoms with van der Waals surface area (Å²) >= 11 is 0. The van der Waals surface area contributed by atoms with E-state index in [9.17, 15) is 23.4 Å². The summed E-state index contributed by atoms with van der Waals surface area (Å²) in [5.41, 5.74) is 4.20. The fraction of sp³-hybridized carbons (Fsp3) is 0.700. The molecule has 0 aliphatic rings. The number of nitrogens with two attached hydrogens (primary N) is 1. The standard InChI is InChI=1S/C20H32F3NO3.ClH/c1-3-4-5-6-7-15(2)27-18-9-8-16(12-17(18)20(21,22)23)10-11-19(24,13-25)14-26;/h8-9,12,15,25-26H,3-7,10-11,13-14,24H2,1-2H3;1H. The lowest BCUT2D eigenvalue weighted by atomic mass is 9.93. The molecule has 0 aliphatic heterocycles. The average Bonchev–Trinajstić information content (AvgIpc) is 2.63. The maximum absolute atomic E-state index is 13.5. The van der Waals surface area contributed by atoms with Crippen LogP contribution in [0.25, 0.3) is 0 Å². The highest BCUT2D eigenvalue weighted by Gasteiger charge is 2.35. The summed E-state index contributed by atoms with van der Waals surface area (Å²) in [6.45, 7) is 3.01. The number of ether oxygens (including phenoxy) is 1. The van der Waals surface area contributed by atoms with Gasteiger partial charge in [0, 0.05) is 0 Å². The summed E-state index contributed by atoms with van der Waals surface area (Å²) in [6.07, 6.45) is 0.461. The number of hydrogen-bond acceptors (Lipinski definition) is 4. The second-order valence-electron chi connectivity index (χ2n) is 7.28. The maximum atomic E-state index is 13.5. The Balaban J connectivity index is 0.00000729. The van der Waals surface area contributed by atoms with Crippen LogP contribution in [0.3, 0.4) is 0 Å². The summed E-state index contributed by atoms with van der Waals surface area (Å²) in [7, 11) is 0. The van der Waals surface area contributed by atoms with Gasteiger partial charge in [0.05, 0.1) is 30.4 Å². The zero-order valence-corrected chi connectivity index (χ0v) is 17.4. The van der Waals surface area contributed by atoms with Gasteiger partial charge in [-0.15, -0.1) is 12.4 Å². The first-order valence-electron chi connectivity index (χ1n) is 9.52. The van der Waals surface area contributed by atoms with Crippen molar-refractivity contribution in [2.24, 2.45) is 5.73 Å². The molecule has 1 aromatic carbocycles. The van der Waals surface area contributed by atoms with Crippen molar-refractivity contribution in [3.63, 3.8) is 0 Å². The van der Waals surface area contributed by atoms with Crippen molar-refractivity contribution < 1.29 is 28.1 Å². The lowest BCUT2D eigenvalue weighted by molar-refractivity contribution is -0.139. The number of benzene rings is 1. The number of rotatable bonds is 12. The maximum Gasteiger partial charge on any atom is 0.419 e. The zero-order valence-electron chi connectivity index (χ0n) is 16.6. The van der Waals surface area contributed by atoms with Gasteiger partial charge < -0.3 is 20.7 Å². The van der Waals surface area contributed by atoms with Crippen LogP contribution < -0.4 is 10.5 Å². The number of unbranched alkanes of at least 4 members (excludes halogenated alkanes) is 3. The van der Waals surface area contributed by atoms with E-state index in [4.69, 9.17) is 10.5 Å². The van der Waals surface area contributed by atoms with E-state index in [0.29, 0.717) is 12.0 Å². The SMILES string of the molecule is CCCCCCC(C)Oc1ccc(CCC(N)(CO)CO)cc1C(F)(F)F.Cl. The molecule has 1 rings (SSSR count). The van der Waals surface area contributed by atoms with E-state index in [1.165, 1.54) is 6.07 Å². The Morgan fingerprint density at radius 1 is 1.11 bits per heavy atom. The smallest absolute Gasteiger partial charge is 0.419 e. The number of hydrogen-bond donors (Lipinski definition) is 3. The van der Waals surface area contributed by atoms with Gasteiger partial charge in [0.15, 0.2) is 0 Å². The summed E-state index contributed by atoms with van der Waals surface area (Å²) in [5.74, 6) is -0.169. The highest BCUT2D eigenvalue weighted by molar-refractivity contribution is 5.85. The molecule has 0 radical (unpaired) electrons. The molecule has 1 unspecified atom stereocenters. The van der Waals surface area contributed by atoms with Crippen molar-refractivity contribution in [3.05, 3.63) is 29.3 Å². The molecule has 8 heteroatoms. The summed E-state index contributed by atoms with van der Waals surface area (Å²) < 4.78 is 45.9. The monoisotopic (exact) mass is 427 g/mol. The summed E-state index contributed by atoms with van der Waals surface area (Å²) in [6, 6.07) is 3.98. The molecule has 0 saturated heterocycles. The van der Waals surface area contributed by atoms with E-state index in [2.05, 4.69) is 6.92 Å². The first kappa shape index (κ1) is 27.0. The second-order valence-corrected chi connectivity index (χ2v) is 7.28. The minimum absolute atomic E-state index is 0. The van der Waals surface area contributed by atoms with Crippen LogP contribution in [0.1, 0.15) is 63.5 Å². The Kier molecular flexibility index (Phi) is 12.1. The molecule has 0 heterocycles. The van der Waals surface area contributed by atoms with Gasteiger partial charge in [0.25, 0.3) is 0 Å². The van der Waals surface area contributed by atoms with Gasteiger partial charge in [-0.05, 0) is 50.3 Å². The van der Waals surface area contributed by atoms with Gasteiger partial charge in [-0.2, -0.15) is 13.2 Å². The number of alkyl halides is 3. The molecule has 28 heavy (non-hydrogen) atoms. The van der Waals surface area contributed by atoms with Crippen molar-refractivity contribution >= 4 is 12.4 Å². The van der Waals surface area contributed by atoms with Crippen LogP contribution in [0.5, 0.6) is 5.75 Å². The number of aliphatic hydroxyl groups is 2. The van der Waals surface area contributed by atoms with E-state index in [-0.39, 0.29) is 37.1 Å². The molecule has 0 bridgehead atoms. The van der Waals surface area contributed by atoms with E-state index in [1.54, 1.807) is 13.0 Å². The number of aliphatic hydroxyl groups excluding tert-OH is 2. The highest BCUT2D eigenvalue weighted by Crippen LogP contribution is 2.38. The van der Waals surface area contributed by atoms with E-state index in [1.807, 2.05) is 0 Å². The lowest BCUT2D eigenvalue weighted by Gasteiger charge is -2.25. The van der Waals surface area contributed by atoms with Gasteiger partial charge >= 0.3 is 6.18 Å². The topological polar surface area (TPSA) is 75.7 Å². The second kappa shape index (κ2) is 12.5. The molecule has 0 amide bonds. The number of aryl methyl sites for hydroxylation is 1. The third-order valence-corrected chi connectivity index (χ3v) is 4.68. The van der Waals surface area contributed by atoms with E-state index < -0.39 is 30.5 Å². The van der Waals surface area contributed by atoms with Crippen LogP contribution in [0.15, 0.2) is 18.2 Å². The van der Waals surface area contributed by atoms with E-state index >= 15 is 0 Å². The Labute approximate surface area is 171 Å². The molecule has 0 aliphatic carbocycles. The minimum atomic E-state index is -4.53. The van der Waals surface area contributed by atoms with Crippen molar-refractivity contribution in [1.29, 1.82) is 0 Å². The van der Waals surface area contributed by atoms with Crippen LogP contribution in [0.4, 0.5) is 13.2 Å². The third-order valence-electron chi connectivity index (χ3n) is 4.68. The highest BCUT2D eigenvalue weighted by atomic mass is 35.5. The van der Waals surface area contributed by atoms with Crippen LogP contribution in [-0.2, 0) is 12.6 Å². The Hall–Kier alpha value is -1.02. The Morgan fingerprint density at radius 3 is 2.29 bits per heavy atom. The third kappa shape index (κ3) is 8.99. The molecule has 164 valence electrons. The summed E-state index contributed by atoms with van der Waals surface area (Å²) in [5, 5.41) is 18.4. The van der Waals surface area contributed by atoms with Gasteiger partial charge in [-0.3, -0.25) is 0 Å². The van der Waals surface area contributed by atoms with Crippen molar-refractivity contribution in [3.8, 4) is 5.75 Å². The quantitative estimate of drug-likeness (QED) is 0.430. The van der Waals surface area contributed by atoms with E-state index in [0.717, 1.165) is 31.7 Å². The zero-order chi connectivity index (χ0) is 20.5. The first-order chi connectivity index (χ1) is 12.6. The Morgan fingerprint density at radius 2 is 1.75 bits per heavy atom. The lowest BCUT2D eigenvalue weighted by Crippen LogP contribution is -2.47. The average molecular weight is 428 g/mol. The predicted octanol–water partition coefficient (Wildman–Crippen LogP) is 4.48. The van der Waals surface area contributed by atoms with Gasteiger partial charge in [0.2, 0.25) is 0 Å².